The molecule has 6 nitrogen and oxygen atoms in total. The van der Waals surface area contributed by atoms with Gasteiger partial charge in [0.2, 0.25) is 5.91 Å². The number of amides is 2. The van der Waals surface area contributed by atoms with Crippen LogP contribution in [0.25, 0.3) is 0 Å². The molecule has 1 unspecified atom stereocenters. The third-order valence-electron chi connectivity index (χ3n) is 6.73. The number of piperidine rings is 1. The molecule has 6 heteroatoms. The molecule has 1 aromatic heterocycles. The Labute approximate surface area is 191 Å². The highest BCUT2D eigenvalue weighted by molar-refractivity contribution is 5.94. The fourth-order valence-electron chi connectivity index (χ4n) is 4.77. The number of hydrogen-bond donors (Lipinski definition) is 1. The van der Waals surface area contributed by atoms with Crippen molar-refractivity contribution in [2.75, 3.05) is 26.2 Å². The molecule has 1 aromatic carbocycles. The number of likely N-dealkylation sites (tertiary alicyclic amines) is 2. The van der Waals surface area contributed by atoms with Crippen LogP contribution in [0.2, 0.25) is 0 Å². The third-order valence-corrected chi connectivity index (χ3v) is 6.73. The molecular formula is C26H34N4O2. The van der Waals surface area contributed by atoms with Gasteiger partial charge >= 0.3 is 0 Å². The van der Waals surface area contributed by atoms with E-state index >= 15 is 0 Å². The Kier molecular flexibility index (Phi) is 7.53. The molecule has 170 valence electrons. The maximum atomic E-state index is 12.6. The molecule has 2 aliphatic rings. The van der Waals surface area contributed by atoms with Crippen molar-refractivity contribution >= 4 is 11.8 Å². The van der Waals surface area contributed by atoms with Gasteiger partial charge in [-0.2, -0.15) is 0 Å². The summed E-state index contributed by atoms with van der Waals surface area (Å²) in [5, 5.41) is 3.24. The zero-order valence-electron chi connectivity index (χ0n) is 19.0. The molecule has 2 aromatic rings. The van der Waals surface area contributed by atoms with Crippen LogP contribution in [0.1, 0.15) is 53.7 Å². The fraction of sp³-hybridized carbons (Fsp3) is 0.500. The van der Waals surface area contributed by atoms with Gasteiger partial charge in [-0.05, 0) is 56.2 Å². The van der Waals surface area contributed by atoms with Gasteiger partial charge < -0.3 is 10.2 Å². The summed E-state index contributed by atoms with van der Waals surface area (Å²) < 4.78 is 0. The summed E-state index contributed by atoms with van der Waals surface area (Å²) in [7, 11) is 0. The first-order chi connectivity index (χ1) is 15.6. The molecule has 3 heterocycles. The summed E-state index contributed by atoms with van der Waals surface area (Å²) in [5.74, 6) is 0.745. The second-order valence-corrected chi connectivity index (χ2v) is 9.24. The quantitative estimate of drug-likeness (QED) is 0.725. The molecule has 2 fully saturated rings. The normalized spacial score (nSPS) is 19.8. The Hall–Kier alpha value is -2.73. The highest BCUT2D eigenvalue weighted by Gasteiger charge is 2.26. The molecule has 32 heavy (non-hydrogen) atoms. The van der Waals surface area contributed by atoms with Crippen LogP contribution < -0.4 is 5.32 Å². The van der Waals surface area contributed by atoms with Gasteiger partial charge in [0.15, 0.2) is 0 Å². The predicted molar refractivity (Wildman–Crippen MR) is 125 cm³/mol. The standard InChI is InChI=1S/C26H34N4O2/c1-20-7-9-23(17-27-20)26(32)30-15-11-21(12-16-30)8-10-25(31)28-24-13-14-29(19-24)18-22-5-3-2-4-6-22/h2-7,9,17,21,24H,8,10-16,18-19H2,1H3,(H,28,31). The number of nitrogens with one attached hydrogen (secondary N) is 1. The van der Waals surface area contributed by atoms with E-state index in [4.69, 9.17) is 0 Å². The van der Waals surface area contributed by atoms with Crippen LogP contribution in [0, 0.1) is 12.8 Å². The monoisotopic (exact) mass is 434 g/mol. The van der Waals surface area contributed by atoms with Crippen molar-refractivity contribution in [1.82, 2.24) is 20.1 Å². The lowest BCUT2D eigenvalue weighted by Crippen LogP contribution is -2.39. The van der Waals surface area contributed by atoms with Gasteiger partial charge in [0.1, 0.15) is 0 Å². The lowest BCUT2D eigenvalue weighted by Gasteiger charge is -2.32. The minimum atomic E-state index is 0.0648. The summed E-state index contributed by atoms with van der Waals surface area (Å²) in [6.07, 6.45) is 6.10. The van der Waals surface area contributed by atoms with E-state index in [1.54, 1.807) is 6.20 Å². The topological polar surface area (TPSA) is 65.5 Å². The molecule has 0 saturated carbocycles. The molecule has 0 bridgehead atoms. The van der Waals surface area contributed by atoms with Crippen LogP contribution in [0.3, 0.4) is 0 Å². The Morgan fingerprint density at radius 1 is 1.03 bits per heavy atom. The number of carbonyl (C=O) groups is 2. The Balaban J connectivity index is 1.13. The number of carbonyl (C=O) groups excluding carboxylic acids is 2. The Bertz CT molecular complexity index is 892. The lowest BCUT2D eigenvalue weighted by molar-refractivity contribution is -0.122. The molecule has 0 aliphatic carbocycles. The number of hydrogen-bond acceptors (Lipinski definition) is 4. The van der Waals surface area contributed by atoms with Crippen LogP contribution >= 0.6 is 0 Å². The van der Waals surface area contributed by atoms with Gasteiger partial charge in [0, 0.05) is 57.1 Å². The average Bonchev–Trinajstić information content (AvgIpc) is 3.25. The van der Waals surface area contributed by atoms with Crippen LogP contribution in [-0.2, 0) is 11.3 Å². The number of nitrogens with zero attached hydrogens (tertiary/aromatic N) is 3. The van der Waals surface area contributed by atoms with E-state index in [0.717, 1.165) is 64.1 Å². The molecular weight excluding hydrogens is 400 g/mol. The molecule has 1 atom stereocenters. The Morgan fingerprint density at radius 2 is 1.81 bits per heavy atom. The van der Waals surface area contributed by atoms with Crippen molar-refractivity contribution in [2.45, 2.75) is 51.6 Å². The van der Waals surface area contributed by atoms with Crippen molar-refractivity contribution in [3.05, 3.63) is 65.5 Å². The molecule has 0 spiro atoms. The van der Waals surface area contributed by atoms with E-state index in [1.807, 2.05) is 30.0 Å². The highest BCUT2D eigenvalue weighted by atomic mass is 16.2. The summed E-state index contributed by atoms with van der Waals surface area (Å²) in [5.41, 5.74) is 2.90. The second-order valence-electron chi connectivity index (χ2n) is 9.24. The fourth-order valence-corrected chi connectivity index (χ4v) is 4.77. The van der Waals surface area contributed by atoms with Crippen molar-refractivity contribution in [3.63, 3.8) is 0 Å². The average molecular weight is 435 g/mol. The van der Waals surface area contributed by atoms with E-state index in [1.165, 1.54) is 5.56 Å². The minimum Gasteiger partial charge on any atom is -0.352 e. The molecule has 2 aliphatic heterocycles. The number of rotatable bonds is 7. The highest BCUT2D eigenvalue weighted by Crippen LogP contribution is 2.23. The lowest BCUT2D eigenvalue weighted by atomic mass is 9.91. The summed E-state index contributed by atoms with van der Waals surface area (Å²) >= 11 is 0. The summed E-state index contributed by atoms with van der Waals surface area (Å²) in [4.78, 5) is 33.7. The van der Waals surface area contributed by atoms with Gasteiger partial charge in [0.25, 0.3) is 5.91 Å². The van der Waals surface area contributed by atoms with Gasteiger partial charge in [-0.25, -0.2) is 0 Å². The number of aromatic nitrogens is 1. The van der Waals surface area contributed by atoms with Gasteiger partial charge in [0.05, 0.1) is 5.56 Å². The zero-order valence-corrected chi connectivity index (χ0v) is 19.0. The minimum absolute atomic E-state index is 0.0648. The third kappa shape index (κ3) is 6.16. The van der Waals surface area contributed by atoms with Gasteiger partial charge in [-0.1, -0.05) is 30.3 Å². The van der Waals surface area contributed by atoms with E-state index in [2.05, 4.69) is 39.5 Å². The summed E-state index contributed by atoms with van der Waals surface area (Å²) in [6, 6.07) is 14.5. The van der Waals surface area contributed by atoms with Gasteiger partial charge in [-0.15, -0.1) is 0 Å². The van der Waals surface area contributed by atoms with Crippen molar-refractivity contribution in [1.29, 1.82) is 0 Å². The van der Waals surface area contributed by atoms with Crippen molar-refractivity contribution in [2.24, 2.45) is 5.92 Å². The molecule has 1 N–H and O–H groups in total. The molecule has 4 rings (SSSR count). The van der Waals surface area contributed by atoms with Crippen molar-refractivity contribution < 1.29 is 9.59 Å². The number of benzene rings is 1. The van der Waals surface area contributed by atoms with Crippen LogP contribution in [0.15, 0.2) is 48.7 Å². The first-order valence-corrected chi connectivity index (χ1v) is 11.8. The number of aryl methyl sites for hydroxylation is 1. The van der Waals surface area contributed by atoms with E-state index in [9.17, 15) is 9.59 Å². The van der Waals surface area contributed by atoms with E-state index in [0.29, 0.717) is 17.9 Å². The largest absolute Gasteiger partial charge is 0.352 e. The first-order valence-electron chi connectivity index (χ1n) is 11.8. The molecule has 2 amide bonds. The SMILES string of the molecule is Cc1ccc(C(=O)N2CCC(CCC(=O)NC3CCN(Cc4ccccc4)C3)CC2)cn1. The van der Waals surface area contributed by atoms with E-state index < -0.39 is 0 Å². The predicted octanol–water partition coefficient (Wildman–Crippen LogP) is 3.41. The zero-order chi connectivity index (χ0) is 22.3. The number of pyridine rings is 1. The van der Waals surface area contributed by atoms with E-state index in [-0.39, 0.29) is 17.9 Å². The maximum absolute atomic E-state index is 12.6. The van der Waals surface area contributed by atoms with Crippen molar-refractivity contribution in [3.8, 4) is 0 Å². The summed E-state index contributed by atoms with van der Waals surface area (Å²) in [6.45, 7) is 6.34. The molecule has 0 radical (unpaired) electrons. The Morgan fingerprint density at radius 3 is 2.53 bits per heavy atom. The van der Waals surface area contributed by atoms with Crippen LogP contribution in [-0.4, -0.2) is 58.8 Å². The maximum Gasteiger partial charge on any atom is 0.255 e. The molecule has 2 saturated heterocycles. The van der Waals surface area contributed by atoms with Gasteiger partial charge in [-0.3, -0.25) is 19.5 Å². The first kappa shape index (κ1) is 22.5. The van der Waals surface area contributed by atoms with Crippen LogP contribution in [0.4, 0.5) is 0 Å². The second kappa shape index (κ2) is 10.7. The van der Waals surface area contributed by atoms with Crippen LogP contribution in [0.5, 0.6) is 0 Å². The smallest absolute Gasteiger partial charge is 0.255 e.